The minimum absolute atomic E-state index is 0.0116. The Bertz CT molecular complexity index is 2180. The van der Waals surface area contributed by atoms with Crippen molar-refractivity contribution in [3.05, 3.63) is 143 Å². The minimum atomic E-state index is -4.84. The van der Waals surface area contributed by atoms with Crippen molar-refractivity contribution in [2.75, 3.05) is 16.8 Å². The molecule has 2 unspecified atom stereocenters. The lowest BCUT2D eigenvalue weighted by Gasteiger charge is -2.24. The van der Waals surface area contributed by atoms with Gasteiger partial charge in [-0.3, -0.25) is 23.6 Å². The van der Waals surface area contributed by atoms with Crippen LogP contribution in [-0.4, -0.2) is 27.3 Å². The molecule has 14 heteroatoms. The Morgan fingerprint density at radius 1 is 0.696 bits per heavy atom. The highest BCUT2D eigenvalue weighted by Gasteiger charge is 2.35. The van der Waals surface area contributed by atoms with Crippen LogP contribution in [0.25, 0.3) is 0 Å². The molecule has 0 aromatic heterocycles. The molecule has 4 aromatic carbocycles. The number of amides is 1. The number of allylic oxidation sites excluding steroid dienone is 5. The number of carbonyl (C=O) groups excluding carboxylic acids is 1. The van der Waals surface area contributed by atoms with Crippen LogP contribution in [0.3, 0.4) is 0 Å². The molecule has 0 bridgehead atoms. The van der Waals surface area contributed by atoms with Gasteiger partial charge in [0.05, 0.1) is 30.2 Å². The largest absolute Gasteiger partial charge is 0.527 e. The van der Waals surface area contributed by atoms with Crippen LogP contribution in [0.2, 0.25) is 0 Å². The van der Waals surface area contributed by atoms with Gasteiger partial charge in [-0.15, -0.1) is 0 Å². The molecule has 0 spiro atoms. The van der Waals surface area contributed by atoms with Gasteiger partial charge in [-0.05, 0) is 76.6 Å². The first-order valence-electron chi connectivity index (χ1n) is 18.1. The molecule has 1 aliphatic rings. The topological polar surface area (TPSA) is 164 Å². The molecule has 56 heavy (non-hydrogen) atoms. The van der Waals surface area contributed by atoms with Crippen molar-refractivity contribution >= 4 is 38.6 Å². The molecule has 1 heterocycles. The number of rotatable bonds is 18. The van der Waals surface area contributed by atoms with Gasteiger partial charge in [0, 0.05) is 18.7 Å². The smallest absolute Gasteiger partial charge is 0.508 e. The summed E-state index contributed by atoms with van der Waals surface area (Å²) in [5.74, 6) is -1.47. The number of fused-ring (bicyclic) bond motifs is 2. The molecule has 4 aromatic rings. The van der Waals surface area contributed by atoms with Gasteiger partial charge in [-0.2, -0.15) is 0 Å². The first-order chi connectivity index (χ1) is 26.7. The average molecular weight is 803 g/mol. The van der Waals surface area contributed by atoms with Crippen molar-refractivity contribution < 1.29 is 46.9 Å². The third-order valence-electron chi connectivity index (χ3n) is 8.76. The summed E-state index contributed by atoms with van der Waals surface area (Å²) in [6, 6.07) is 24.3. The van der Waals surface area contributed by atoms with Crippen LogP contribution < -0.4 is 19.3 Å². The van der Waals surface area contributed by atoms with Crippen LogP contribution in [0, 0.1) is 0 Å². The predicted octanol–water partition coefficient (Wildman–Crippen LogP) is 10.9. The third kappa shape index (κ3) is 12.3. The number of phenolic OH excluding ortho intramolecular Hbond substituents is 1. The fraction of sp³-hybridized carbons (Fsp3) is 0.262. The van der Waals surface area contributed by atoms with Crippen LogP contribution >= 0.6 is 15.6 Å². The number of hydrogen-bond donors (Lipinski definition) is 4. The molecule has 296 valence electrons. The van der Waals surface area contributed by atoms with Crippen molar-refractivity contribution in [1.82, 2.24) is 0 Å². The summed E-state index contributed by atoms with van der Waals surface area (Å²) in [5, 5.41) is 13.9. The summed E-state index contributed by atoms with van der Waals surface area (Å²) in [4.78, 5) is 37.4. The number of phosphoric acid groups is 2. The zero-order valence-electron chi connectivity index (χ0n) is 31.9. The molecule has 0 saturated carbocycles. The number of phosphoric ester groups is 2. The van der Waals surface area contributed by atoms with E-state index in [1.165, 1.54) is 40.3 Å². The molecule has 5 rings (SSSR count). The van der Waals surface area contributed by atoms with Crippen molar-refractivity contribution in [3.63, 3.8) is 0 Å². The van der Waals surface area contributed by atoms with Crippen LogP contribution in [0.1, 0.15) is 74.9 Å². The van der Waals surface area contributed by atoms with E-state index in [4.69, 9.17) is 18.1 Å². The monoisotopic (exact) mass is 802 g/mol. The Hall–Kier alpha value is -4.93. The molecule has 1 amide bonds. The molecule has 1 aliphatic heterocycles. The molecular formula is C42H48N2O10P2. The number of aromatic hydroxyl groups is 1. The van der Waals surface area contributed by atoms with E-state index >= 15 is 0 Å². The van der Waals surface area contributed by atoms with E-state index in [1.54, 1.807) is 60.7 Å². The Kier molecular flexibility index (Phi) is 14.5. The quantitative estimate of drug-likeness (QED) is 0.0430. The summed E-state index contributed by atoms with van der Waals surface area (Å²) >= 11 is 0. The molecule has 0 fully saturated rings. The Morgan fingerprint density at radius 2 is 1.25 bits per heavy atom. The number of para-hydroxylation sites is 1. The molecule has 0 radical (unpaired) electrons. The molecular weight excluding hydrogens is 754 g/mol. The van der Waals surface area contributed by atoms with Crippen LogP contribution in [0.4, 0.5) is 17.1 Å². The first-order valence-corrected chi connectivity index (χ1v) is 21.1. The van der Waals surface area contributed by atoms with E-state index in [0.29, 0.717) is 11.1 Å². The van der Waals surface area contributed by atoms with E-state index < -0.39 is 21.6 Å². The number of carbonyl (C=O) groups is 1. The van der Waals surface area contributed by atoms with Crippen LogP contribution in [-0.2, 0) is 31.4 Å². The van der Waals surface area contributed by atoms with Crippen molar-refractivity contribution in [1.29, 1.82) is 0 Å². The van der Waals surface area contributed by atoms with E-state index in [0.717, 1.165) is 37.3 Å². The number of nitrogens with zero attached hydrogens (tertiary/aromatic N) is 1. The minimum Gasteiger partial charge on any atom is -0.508 e. The van der Waals surface area contributed by atoms with Crippen molar-refractivity contribution in [2.24, 2.45) is 0 Å². The van der Waals surface area contributed by atoms with E-state index in [9.17, 15) is 28.8 Å². The third-order valence-corrected chi connectivity index (χ3v) is 10.5. The van der Waals surface area contributed by atoms with Gasteiger partial charge < -0.3 is 24.4 Å². The van der Waals surface area contributed by atoms with Crippen LogP contribution in [0.5, 0.6) is 17.2 Å². The maximum Gasteiger partial charge on any atom is 0.527 e. The van der Waals surface area contributed by atoms with Crippen molar-refractivity contribution in [3.8, 4) is 17.2 Å². The highest BCUT2D eigenvalue weighted by atomic mass is 31.2. The predicted molar refractivity (Wildman–Crippen MR) is 218 cm³/mol. The summed E-state index contributed by atoms with van der Waals surface area (Å²) in [6.45, 7) is 7.80. The number of hydrogen-bond acceptors (Lipinski definition) is 9. The Labute approximate surface area is 328 Å². The lowest BCUT2D eigenvalue weighted by molar-refractivity contribution is 0.0990. The van der Waals surface area contributed by atoms with E-state index in [1.807, 2.05) is 13.0 Å². The highest BCUT2D eigenvalue weighted by Crippen LogP contribution is 2.54. The van der Waals surface area contributed by atoms with Crippen LogP contribution in [0.15, 0.2) is 126 Å². The maximum atomic E-state index is 14.4. The van der Waals surface area contributed by atoms with Crippen molar-refractivity contribution in [2.45, 2.75) is 66.6 Å². The van der Waals surface area contributed by atoms with Gasteiger partial charge in [0.15, 0.2) is 11.5 Å². The van der Waals surface area contributed by atoms with Gasteiger partial charge in [-0.1, -0.05) is 102 Å². The fourth-order valence-corrected chi connectivity index (χ4v) is 7.34. The maximum absolute atomic E-state index is 14.4. The fourth-order valence-electron chi connectivity index (χ4n) is 5.82. The SMILES string of the molecule is CC(C)=CCC/C(C)=C/CC/C(C)=C/CN1C(=O)c2cccc(OP(=O)(O)OCc3ccccc3)c2Nc2c(OP(=O)(O)OCc3ccccc3)cc(O)cc21. The molecule has 0 aliphatic carbocycles. The number of phenols is 1. The summed E-state index contributed by atoms with van der Waals surface area (Å²) in [6.07, 6.45) is 9.82. The van der Waals surface area contributed by atoms with Gasteiger partial charge in [0.25, 0.3) is 5.91 Å². The number of anilines is 3. The molecule has 0 saturated heterocycles. The van der Waals surface area contributed by atoms with E-state index in [-0.39, 0.29) is 59.6 Å². The standard InChI is InChI=1S/C42H48N2O10P2/c1-30(2)14-11-15-31(3)16-12-17-32(4)24-25-44-37-26-35(45)27-39(54-56(49,50)52-29-34-20-9-6-10-21-34)41(37)43-40-36(42(44)46)22-13-23-38(40)53-55(47,48)51-28-33-18-7-5-8-19-33/h5-10,13-14,16,18-24,26-27,43,45H,11-12,15,17,25,28-29H2,1-4H3,(H,47,48)(H,49,50)/b31-16+,32-24+. The molecule has 12 nitrogen and oxygen atoms in total. The van der Waals surface area contributed by atoms with Gasteiger partial charge in [0.1, 0.15) is 11.4 Å². The van der Waals surface area contributed by atoms with Gasteiger partial charge in [0.2, 0.25) is 0 Å². The first kappa shape index (κ1) is 42.2. The second-order valence-electron chi connectivity index (χ2n) is 13.7. The molecule has 2 atom stereocenters. The second kappa shape index (κ2) is 19.3. The summed E-state index contributed by atoms with van der Waals surface area (Å²) < 4.78 is 48.2. The normalized spacial score (nSPS) is 15.0. The summed E-state index contributed by atoms with van der Waals surface area (Å²) in [5.41, 5.74) is 4.93. The Balaban J connectivity index is 1.47. The zero-order chi connectivity index (χ0) is 40.3. The summed E-state index contributed by atoms with van der Waals surface area (Å²) in [7, 11) is -9.60. The Morgan fingerprint density at radius 3 is 1.84 bits per heavy atom. The van der Waals surface area contributed by atoms with E-state index in [2.05, 4.69) is 38.2 Å². The van der Waals surface area contributed by atoms with Gasteiger partial charge >= 0.3 is 15.6 Å². The lowest BCUT2D eigenvalue weighted by atomic mass is 10.1. The highest BCUT2D eigenvalue weighted by molar-refractivity contribution is 7.48. The lowest BCUT2D eigenvalue weighted by Crippen LogP contribution is -2.30. The number of benzene rings is 4. The molecule has 4 N–H and O–H groups in total. The number of nitrogens with one attached hydrogen (secondary N) is 1. The average Bonchev–Trinajstić information content (AvgIpc) is 3.27. The zero-order valence-corrected chi connectivity index (χ0v) is 33.7. The van der Waals surface area contributed by atoms with Gasteiger partial charge in [-0.25, -0.2) is 9.13 Å². The second-order valence-corrected chi connectivity index (χ2v) is 16.4.